The van der Waals surface area contributed by atoms with Crippen molar-refractivity contribution in [1.82, 2.24) is 4.57 Å². The fourth-order valence-electron chi connectivity index (χ4n) is 6.37. The molecule has 31 heavy (non-hydrogen) atoms. The lowest BCUT2D eigenvalue weighted by molar-refractivity contribution is -0.462. The van der Waals surface area contributed by atoms with Gasteiger partial charge in [-0.1, -0.05) is 71.1 Å². The molecule has 3 heterocycles. The Balaban J connectivity index is 2.28. The summed E-state index contributed by atoms with van der Waals surface area (Å²) in [7, 11) is -1.82. The highest BCUT2D eigenvalue weighted by atomic mass is 28.3. The van der Waals surface area contributed by atoms with Crippen LogP contribution in [0.25, 0.3) is 27.3 Å². The Bertz CT molecular complexity index is 1400. The smallest absolute Gasteiger partial charge is 0.225 e. The molecule has 3 heteroatoms. The van der Waals surface area contributed by atoms with Crippen molar-refractivity contribution in [1.29, 1.82) is 0 Å². The van der Waals surface area contributed by atoms with Gasteiger partial charge in [0.05, 0.1) is 11.4 Å². The van der Waals surface area contributed by atoms with Crippen LogP contribution in [-0.4, -0.2) is 12.6 Å². The highest BCUT2D eigenvalue weighted by Gasteiger charge is 2.54. The summed E-state index contributed by atoms with van der Waals surface area (Å²) in [4.78, 5) is 0. The second-order valence-corrected chi connectivity index (χ2v) is 16.4. The first-order chi connectivity index (χ1) is 14.4. The number of aryl methyl sites for hydroxylation is 1. The molecule has 0 aliphatic carbocycles. The fourth-order valence-corrected chi connectivity index (χ4v) is 9.64. The Hall–Kier alpha value is -2.13. The summed E-state index contributed by atoms with van der Waals surface area (Å²) in [5.74, 6) is 0.484. The van der Waals surface area contributed by atoms with E-state index in [9.17, 15) is 0 Å². The van der Waals surface area contributed by atoms with Gasteiger partial charge in [0.2, 0.25) is 0 Å². The van der Waals surface area contributed by atoms with Gasteiger partial charge < -0.3 is 0 Å². The molecular weight excluding hydrogens is 392 g/mol. The van der Waals surface area contributed by atoms with Gasteiger partial charge in [0.15, 0.2) is 0 Å². The Morgan fingerprint density at radius 2 is 1.61 bits per heavy atom. The van der Waals surface area contributed by atoms with E-state index in [1.165, 1.54) is 49.7 Å². The van der Waals surface area contributed by atoms with E-state index in [2.05, 4.69) is 108 Å². The van der Waals surface area contributed by atoms with Crippen LogP contribution < -0.4 is 9.72 Å². The van der Waals surface area contributed by atoms with Gasteiger partial charge in [-0.3, -0.25) is 0 Å². The van der Waals surface area contributed by atoms with Crippen LogP contribution in [0.4, 0.5) is 0 Å². The van der Waals surface area contributed by atoms with Crippen molar-refractivity contribution < 1.29 is 4.40 Å². The van der Waals surface area contributed by atoms with E-state index < -0.39 is 8.07 Å². The molecule has 0 fully saturated rings. The van der Waals surface area contributed by atoms with Crippen molar-refractivity contribution in [2.45, 2.75) is 85.5 Å². The highest BCUT2D eigenvalue weighted by molar-refractivity contribution is 6.91. The molecule has 162 valence electrons. The molecule has 0 amide bonds. The van der Waals surface area contributed by atoms with Gasteiger partial charge in [-0.25, -0.2) is 4.57 Å². The van der Waals surface area contributed by atoms with Crippen molar-refractivity contribution in [3.8, 4) is 0 Å². The van der Waals surface area contributed by atoms with Crippen molar-refractivity contribution in [2.75, 3.05) is 0 Å². The minimum Gasteiger partial charge on any atom is -0.225 e. The average molecular weight is 430 g/mol. The third kappa shape index (κ3) is 2.31. The van der Waals surface area contributed by atoms with Gasteiger partial charge in [0, 0.05) is 23.3 Å². The first-order valence-electron chi connectivity index (χ1n) is 11.9. The number of hydrogen-bond acceptors (Lipinski definition) is 0. The molecule has 0 atom stereocenters. The van der Waals surface area contributed by atoms with E-state index in [0.717, 1.165) is 0 Å². The van der Waals surface area contributed by atoms with E-state index in [0.29, 0.717) is 12.0 Å². The molecule has 0 bridgehead atoms. The van der Waals surface area contributed by atoms with Crippen LogP contribution in [0.15, 0.2) is 30.3 Å². The lowest BCUT2D eigenvalue weighted by atomic mass is 9.90. The standard InChI is InChI=1S/C28H37N2Si/c1-16(2)20-12-11-13-21-23-18(5)14-15-22-25(23)30-26(24(20)21)29(17(3)4)19(6)27(30)31(9,10)28(22,7)8/h11-17H,1-10H3/q+1. The number of fused-ring (bicyclic) bond motifs is 3. The quantitative estimate of drug-likeness (QED) is 0.193. The third-order valence-electron chi connectivity index (χ3n) is 8.53. The molecular formula is C28H37N2Si+. The molecule has 0 radical (unpaired) electrons. The maximum Gasteiger partial charge on any atom is 0.295 e. The zero-order chi connectivity index (χ0) is 22.6. The maximum atomic E-state index is 2.72. The molecule has 5 rings (SSSR count). The molecule has 4 aromatic rings. The Morgan fingerprint density at radius 3 is 2.23 bits per heavy atom. The molecule has 2 aromatic carbocycles. The summed E-state index contributed by atoms with van der Waals surface area (Å²) in [6.07, 6.45) is 0. The van der Waals surface area contributed by atoms with Crippen molar-refractivity contribution in [2.24, 2.45) is 0 Å². The number of rotatable bonds is 2. The second-order valence-electron chi connectivity index (χ2n) is 11.4. The largest absolute Gasteiger partial charge is 0.295 e. The average Bonchev–Trinajstić information content (AvgIpc) is 3.00. The molecule has 0 spiro atoms. The Labute approximate surface area is 187 Å². The summed E-state index contributed by atoms with van der Waals surface area (Å²) >= 11 is 0. The van der Waals surface area contributed by atoms with E-state index in [1.54, 1.807) is 5.32 Å². The van der Waals surface area contributed by atoms with Crippen LogP contribution in [0, 0.1) is 13.8 Å². The first-order valence-corrected chi connectivity index (χ1v) is 14.9. The zero-order valence-corrected chi connectivity index (χ0v) is 21.9. The van der Waals surface area contributed by atoms with Crippen LogP contribution in [0.3, 0.4) is 0 Å². The van der Waals surface area contributed by atoms with Gasteiger partial charge in [0.1, 0.15) is 24.6 Å². The number of imidazole rings is 1. The predicted molar refractivity (Wildman–Crippen MR) is 137 cm³/mol. The zero-order valence-electron chi connectivity index (χ0n) is 20.9. The summed E-state index contributed by atoms with van der Waals surface area (Å²) in [6, 6.07) is 12.2. The molecule has 2 nitrogen and oxygen atoms in total. The second kappa shape index (κ2) is 6.22. The van der Waals surface area contributed by atoms with Crippen molar-refractivity contribution in [3.05, 3.63) is 52.7 Å². The molecule has 0 saturated carbocycles. The van der Waals surface area contributed by atoms with Gasteiger partial charge in [-0.05, 0) is 42.9 Å². The minimum absolute atomic E-state index is 0.170. The van der Waals surface area contributed by atoms with Gasteiger partial charge in [0.25, 0.3) is 5.65 Å². The maximum absolute atomic E-state index is 2.72. The molecule has 1 aliphatic rings. The minimum atomic E-state index is -1.82. The van der Waals surface area contributed by atoms with Gasteiger partial charge in [-0.15, -0.1) is 0 Å². The number of hydrogen-bond donors (Lipinski definition) is 0. The summed E-state index contributed by atoms with van der Waals surface area (Å²) in [5.41, 5.74) is 8.73. The monoisotopic (exact) mass is 429 g/mol. The molecule has 2 aromatic heterocycles. The van der Waals surface area contributed by atoms with Gasteiger partial charge in [-0.2, -0.15) is 4.40 Å². The number of benzene rings is 2. The summed E-state index contributed by atoms with van der Waals surface area (Å²) < 4.78 is 5.37. The topological polar surface area (TPSA) is 9.03 Å². The van der Waals surface area contributed by atoms with Crippen molar-refractivity contribution >= 4 is 40.7 Å². The van der Waals surface area contributed by atoms with Crippen LogP contribution in [0.2, 0.25) is 13.1 Å². The number of aromatic nitrogens is 2. The summed E-state index contributed by atoms with van der Waals surface area (Å²) in [6.45, 7) is 24.2. The van der Waals surface area contributed by atoms with Crippen molar-refractivity contribution in [3.63, 3.8) is 0 Å². The van der Waals surface area contributed by atoms with E-state index in [4.69, 9.17) is 0 Å². The highest BCUT2D eigenvalue weighted by Crippen LogP contribution is 2.44. The molecule has 0 unspecified atom stereocenters. The van der Waals surface area contributed by atoms with E-state index in [1.807, 2.05) is 0 Å². The summed E-state index contributed by atoms with van der Waals surface area (Å²) in [5, 5.41) is 6.11. The van der Waals surface area contributed by atoms with Crippen LogP contribution in [0.1, 0.15) is 75.9 Å². The molecule has 1 aliphatic heterocycles. The number of nitrogens with zero attached hydrogens (tertiary/aromatic N) is 2. The molecule has 0 saturated heterocycles. The van der Waals surface area contributed by atoms with Crippen LogP contribution in [-0.2, 0) is 5.04 Å². The Morgan fingerprint density at radius 1 is 0.935 bits per heavy atom. The number of pyridine rings is 1. The lowest BCUT2D eigenvalue weighted by Gasteiger charge is -2.41. The SMILES string of the molecule is Cc1ccc2c3c1c1cccc(C(C)C)c1c1n(C(C)C)c(C)c([n+]31)[Si](C)(C)C2(C)C. The molecule has 0 N–H and O–H groups in total. The normalized spacial score (nSPS) is 17.2. The first kappa shape index (κ1) is 20.8. The van der Waals surface area contributed by atoms with Crippen LogP contribution >= 0.6 is 0 Å². The van der Waals surface area contributed by atoms with E-state index in [-0.39, 0.29) is 5.04 Å². The van der Waals surface area contributed by atoms with E-state index >= 15 is 0 Å². The van der Waals surface area contributed by atoms with Crippen LogP contribution in [0.5, 0.6) is 0 Å². The lowest BCUT2D eigenvalue weighted by Crippen LogP contribution is -2.68. The predicted octanol–water partition coefficient (Wildman–Crippen LogP) is 6.60. The third-order valence-corrected chi connectivity index (χ3v) is 13.7. The fraction of sp³-hybridized carbons (Fsp3) is 0.464. The Kier molecular flexibility index (Phi) is 4.16. The van der Waals surface area contributed by atoms with Gasteiger partial charge >= 0.3 is 0 Å².